The number of carbonyl (C=O) groups excluding carboxylic acids is 1. The van der Waals surface area contributed by atoms with E-state index in [1.807, 2.05) is 12.1 Å². The molecule has 1 saturated heterocycles. The first-order chi connectivity index (χ1) is 11.5. The molecule has 6 nitrogen and oxygen atoms in total. The number of aromatic amines is 1. The zero-order valence-corrected chi connectivity index (χ0v) is 13.8. The summed E-state index contributed by atoms with van der Waals surface area (Å²) in [7, 11) is 0. The average Bonchev–Trinajstić information content (AvgIpc) is 3.05. The summed E-state index contributed by atoms with van der Waals surface area (Å²) in [5.74, 6) is -0.726. The van der Waals surface area contributed by atoms with Gasteiger partial charge in [0.2, 0.25) is 0 Å². The molecule has 0 radical (unpaired) electrons. The molecule has 126 valence electrons. The minimum atomic E-state index is -0.777. The maximum Gasteiger partial charge on any atom is 0.303 e. The van der Waals surface area contributed by atoms with Gasteiger partial charge in [-0.1, -0.05) is 23.7 Å². The fraction of sp³-hybridized carbons (Fsp3) is 0.353. The van der Waals surface area contributed by atoms with Crippen molar-refractivity contribution in [2.24, 2.45) is 5.92 Å². The fourth-order valence-electron chi connectivity index (χ4n) is 2.96. The summed E-state index contributed by atoms with van der Waals surface area (Å²) in [4.78, 5) is 25.1. The number of nitrogens with one attached hydrogen (secondary N) is 1. The van der Waals surface area contributed by atoms with Crippen LogP contribution in [0.2, 0.25) is 5.02 Å². The largest absolute Gasteiger partial charge is 0.481 e. The Morgan fingerprint density at radius 2 is 1.92 bits per heavy atom. The molecule has 0 unspecified atom stereocenters. The van der Waals surface area contributed by atoms with Crippen LogP contribution < -0.4 is 0 Å². The van der Waals surface area contributed by atoms with Crippen LogP contribution >= 0.6 is 11.6 Å². The van der Waals surface area contributed by atoms with Crippen molar-refractivity contribution in [3.8, 4) is 11.3 Å². The zero-order valence-electron chi connectivity index (χ0n) is 13.0. The van der Waals surface area contributed by atoms with Crippen LogP contribution in [0.4, 0.5) is 0 Å². The number of halogens is 1. The summed E-state index contributed by atoms with van der Waals surface area (Å²) in [6, 6.07) is 8.99. The predicted molar refractivity (Wildman–Crippen MR) is 89.9 cm³/mol. The van der Waals surface area contributed by atoms with Crippen molar-refractivity contribution in [3.63, 3.8) is 0 Å². The maximum absolute atomic E-state index is 12.5. The van der Waals surface area contributed by atoms with E-state index in [2.05, 4.69) is 10.2 Å². The summed E-state index contributed by atoms with van der Waals surface area (Å²) < 4.78 is 0. The van der Waals surface area contributed by atoms with Crippen molar-refractivity contribution in [3.05, 3.63) is 41.0 Å². The van der Waals surface area contributed by atoms with Gasteiger partial charge >= 0.3 is 5.97 Å². The normalized spacial score (nSPS) is 15.5. The quantitative estimate of drug-likeness (QED) is 0.890. The number of aromatic nitrogens is 2. The fourth-order valence-corrected chi connectivity index (χ4v) is 3.08. The number of carboxylic acids is 1. The van der Waals surface area contributed by atoms with Crippen LogP contribution in [0.15, 0.2) is 30.3 Å². The number of carbonyl (C=O) groups is 2. The van der Waals surface area contributed by atoms with Gasteiger partial charge in [-0.15, -0.1) is 0 Å². The second-order valence-electron chi connectivity index (χ2n) is 6.01. The molecule has 24 heavy (non-hydrogen) atoms. The molecule has 1 fully saturated rings. The first-order valence-corrected chi connectivity index (χ1v) is 8.23. The summed E-state index contributed by atoms with van der Waals surface area (Å²) >= 11 is 5.87. The SMILES string of the molecule is O=C(O)CC1CCN(C(=O)c2cc(-c3ccc(Cl)cc3)n[nH]2)CC1. The number of likely N-dealkylation sites (tertiary alicyclic amines) is 1. The number of carboxylic acid groups (broad SMARTS) is 1. The number of nitrogens with zero attached hydrogens (tertiary/aromatic N) is 2. The summed E-state index contributed by atoms with van der Waals surface area (Å²) in [6.45, 7) is 1.15. The molecule has 2 heterocycles. The van der Waals surface area contributed by atoms with E-state index in [1.165, 1.54) is 0 Å². The smallest absolute Gasteiger partial charge is 0.303 e. The number of aliphatic carboxylic acids is 1. The lowest BCUT2D eigenvalue weighted by Gasteiger charge is -2.30. The van der Waals surface area contributed by atoms with Crippen molar-refractivity contribution < 1.29 is 14.7 Å². The minimum absolute atomic E-state index is 0.100. The molecule has 1 aromatic carbocycles. The standard InChI is InChI=1S/C17H18ClN3O3/c18-13-3-1-12(2-4-13)14-10-15(20-19-14)17(24)21-7-5-11(6-8-21)9-16(22)23/h1-4,10-11H,5-9H2,(H,19,20)(H,22,23). The van der Waals surface area contributed by atoms with E-state index >= 15 is 0 Å². The molecule has 0 saturated carbocycles. The molecule has 1 aromatic heterocycles. The number of piperidine rings is 1. The van der Waals surface area contributed by atoms with E-state index in [4.69, 9.17) is 16.7 Å². The molecule has 3 rings (SSSR count). The lowest BCUT2D eigenvalue weighted by atomic mass is 9.93. The monoisotopic (exact) mass is 347 g/mol. The summed E-state index contributed by atoms with van der Waals surface area (Å²) in [6.07, 6.45) is 1.61. The third-order valence-electron chi connectivity index (χ3n) is 4.31. The highest BCUT2D eigenvalue weighted by Gasteiger charge is 2.26. The van der Waals surface area contributed by atoms with E-state index in [1.54, 1.807) is 23.1 Å². The molecule has 0 bridgehead atoms. The topological polar surface area (TPSA) is 86.3 Å². The minimum Gasteiger partial charge on any atom is -0.481 e. The van der Waals surface area contributed by atoms with Crippen molar-refractivity contribution in [1.82, 2.24) is 15.1 Å². The molecule has 0 atom stereocenters. The molecule has 0 aliphatic carbocycles. The molecule has 1 aliphatic heterocycles. The summed E-state index contributed by atoms with van der Waals surface area (Å²) in [5.41, 5.74) is 2.02. The Bertz CT molecular complexity index is 734. The molecule has 1 aliphatic rings. The number of hydrogen-bond acceptors (Lipinski definition) is 3. The van der Waals surface area contributed by atoms with Gasteiger partial charge in [-0.25, -0.2) is 0 Å². The van der Waals surface area contributed by atoms with E-state index < -0.39 is 5.97 Å². The number of rotatable bonds is 4. The Morgan fingerprint density at radius 3 is 2.54 bits per heavy atom. The Hall–Kier alpha value is -2.34. The van der Waals surface area contributed by atoms with Crippen LogP contribution in [0.1, 0.15) is 29.8 Å². The molecule has 0 spiro atoms. The number of hydrogen-bond donors (Lipinski definition) is 2. The molecular formula is C17H18ClN3O3. The lowest BCUT2D eigenvalue weighted by Crippen LogP contribution is -2.39. The van der Waals surface area contributed by atoms with E-state index in [9.17, 15) is 9.59 Å². The molecule has 1 amide bonds. The molecule has 2 N–H and O–H groups in total. The van der Waals surface area contributed by atoms with E-state index in [0.29, 0.717) is 29.5 Å². The van der Waals surface area contributed by atoms with Crippen LogP contribution in [0.5, 0.6) is 0 Å². The average molecular weight is 348 g/mol. The highest BCUT2D eigenvalue weighted by Crippen LogP contribution is 2.23. The van der Waals surface area contributed by atoms with Gasteiger partial charge in [-0.2, -0.15) is 5.10 Å². The van der Waals surface area contributed by atoms with Crippen LogP contribution in [0, 0.1) is 5.92 Å². The Kier molecular flexibility index (Phi) is 4.85. The highest BCUT2D eigenvalue weighted by molar-refractivity contribution is 6.30. The third kappa shape index (κ3) is 3.76. The van der Waals surface area contributed by atoms with Crippen molar-refractivity contribution in [1.29, 1.82) is 0 Å². The van der Waals surface area contributed by atoms with Crippen LogP contribution in [-0.4, -0.2) is 45.2 Å². The van der Waals surface area contributed by atoms with Crippen LogP contribution in [-0.2, 0) is 4.79 Å². The van der Waals surface area contributed by atoms with Gasteiger partial charge in [0.05, 0.1) is 5.69 Å². The summed E-state index contributed by atoms with van der Waals surface area (Å²) in [5, 5.41) is 16.5. The first kappa shape index (κ1) is 16.5. The zero-order chi connectivity index (χ0) is 17.1. The molecule has 7 heteroatoms. The van der Waals surface area contributed by atoms with Gasteiger partial charge in [0.15, 0.2) is 0 Å². The number of benzene rings is 1. The highest BCUT2D eigenvalue weighted by atomic mass is 35.5. The Morgan fingerprint density at radius 1 is 1.25 bits per heavy atom. The molecular weight excluding hydrogens is 330 g/mol. The van der Waals surface area contributed by atoms with Gasteiger partial charge in [0, 0.05) is 30.1 Å². The second kappa shape index (κ2) is 7.05. The van der Waals surface area contributed by atoms with Gasteiger partial charge in [0.1, 0.15) is 5.69 Å². The predicted octanol–water partition coefficient (Wildman–Crippen LogP) is 3.06. The maximum atomic E-state index is 12.5. The lowest BCUT2D eigenvalue weighted by molar-refractivity contribution is -0.138. The van der Waals surface area contributed by atoms with Gasteiger partial charge < -0.3 is 10.0 Å². The van der Waals surface area contributed by atoms with Crippen molar-refractivity contribution in [2.75, 3.05) is 13.1 Å². The van der Waals surface area contributed by atoms with Crippen molar-refractivity contribution >= 4 is 23.5 Å². The van der Waals surface area contributed by atoms with Crippen LogP contribution in [0.3, 0.4) is 0 Å². The first-order valence-electron chi connectivity index (χ1n) is 7.85. The van der Waals surface area contributed by atoms with Crippen LogP contribution in [0.25, 0.3) is 11.3 Å². The van der Waals surface area contributed by atoms with E-state index in [0.717, 1.165) is 18.4 Å². The Balaban J connectivity index is 1.64. The van der Waals surface area contributed by atoms with Gasteiger partial charge in [0.25, 0.3) is 5.91 Å². The third-order valence-corrected chi connectivity index (χ3v) is 4.57. The number of amides is 1. The molecule has 2 aromatic rings. The Labute approximate surface area is 144 Å². The number of H-pyrrole nitrogens is 1. The van der Waals surface area contributed by atoms with E-state index in [-0.39, 0.29) is 18.2 Å². The van der Waals surface area contributed by atoms with Crippen molar-refractivity contribution in [2.45, 2.75) is 19.3 Å². The second-order valence-corrected chi connectivity index (χ2v) is 6.44. The van der Waals surface area contributed by atoms with Gasteiger partial charge in [-0.05, 0) is 37.0 Å². The van der Waals surface area contributed by atoms with Gasteiger partial charge in [-0.3, -0.25) is 14.7 Å².